The maximum Gasteiger partial charge on any atom is 0.231 e. The maximum atomic E-state index is 6.45. The average Bonchev–Trinajstić information content (AvgIpc) is 3.33. The molecule has 2 aromatic rings. The number of fused-ring (bicyclic) bond motifs is 1. The molecule has 0 spiro atoms. The normalized spacial score (nSPS) is 25.3. The third-order valence-electron chi connectivity index (χ3n) is 6.48. The molecule has 0 amide bonds. The molecule has 2 atom stereocenters. The summed E-state index contributed by atoms with van der Waals surface area (Å²) >= 11 is 6.45. The first-order valence-corrected chi connectivity index (χ1v) is 11.5. The van der Waals surface area contributed by atoms with Gasteiger partial charge < -0.3 is 18.6 Å². The lowest BCUT2D eigenvalue weighted by molar-refractivity contribution is -0.0866. The van der Waals surface area contributed by atoms with Gasteiger partial charge in [0.1, 0.15) is 5.76 Å². The predicted molar refractivity (Wildman–Crippen MR) is 118 cm³/mol. The van der Waals surface area contributed by atoms with Crippen molar-refractivity contribution in [3.05, 3.63) is 28.6 Å². The quantitative estimate of drug-likeness (QED) is 0.699. The molecule has 3 aliphatic rings. The molecule has 4 heterocycles. The van der Waals surface area contributed by atoms with E-state index in [0.29, 0.717) is 40.7 Å². The number of hydrogen-bond donors (Lipinski definition) is 0. The molecule has 2 fully saturated rings. The van der Waals surface area contributed by atoms with Gasteiger partial charge in [-0.2, -0.15) is 0 Å². The number of rotatable bonds is 4. The third kappa shape index (κ3) is 4.42. The molecule has 0 saturated carbocycles. The highest BCUT2D eigenvalue weighted by Gasteiger charge is 2.31. The molecule has 5 rings (SSSR count). The summed E-state index contributed by atoms with van der Waals surface area (Å²) in [5.41, 5.74) is 1.70. The third-order valence-corrected chi connectivity index (χ3v) is 6.79. The first-order chi connectivity index (χ1) is 15.0. The fourth-order valence-electron chi connectivity index (χ4n) is 4.94. The zero-order valence-electron chi connectivity index (χ0n) is 18.4. The van der Waals surface area contributed by atoms with Crippen molar-refractivity contribution in [3.63, 3.8) is 0 Å². The summed E-state index contributed by atoms with van der Waals surface area (Å²) in [5.74, 6) is 2.69. The van der Waals surface area contributed by atoms with E-state index < -0.39 is 0 Å². The van der Waals surface area contributed by atoms with Gasteiger partial charge in [0.25, 0.3) is 0 Å². The fourth-order valence-corrected chi connectivity index (χ4v) is 5.18. The molecule has 3 aliphatic heterocycles. The van der Waals surface area contributed by atoms with Crippen LogP contribution in [-0.2, 0) is 11.3 Å². The van der Waals surface area contributed by atoms with Crippen molar-refractivity contribution in [3.8, 4) is 23.0 Å². The van der Waals surface area contributed by atoms with Gasteiger partial charge in [0.05, 0.1) is 28.5 Å². The standard InChI is InChI=1S/C23H30ClN3O4/c1-14-10-27(11-15(2)30-14)17-4-6-26(7-5-17)12-20-16(3)31-23(25-20)18-8-21-22(9-19(18)24)29-13-28-21/h8-9,14-15,17H,4-7,10-13H2,1-3H3/t14-,15+. The summed E-state index contributed by atoms with van der Waals surface area (Å²) in [6.07, 6.45) is 3.00. The lowest BCUT2D eigenvalue weighted by atomic mass is 10.0. The van der Waals surface area contributed by atoms with Crippen LogP contribution in [0.4, 0.5) is 0 Å². The predicted octanol–water partition coefficient (Wildman–Crippen LogP) is 4.11. The van der Waals surface area contributed by atoms with Crippen LogP contribution >= 0.6 is 11.6 Å². The van der Waals surface area contributed by atoms with Gasteiger partial charge in [-0.1, -0.05) is 11.6 Å². The minimum absolute atomic E-state index is 0.212. The van der Waals surface area contributed by atoms with Gasteiger partial charge in [0.15, 0.2) is 11.5 Å². The number of piperidine rings is 1. The molecule has 31 heavy (non-hydrogen) atoms. The molecule has 8 heteroatoms. The first-order valence-electron chi connectivity index (χ1n) is 11.1. The second-order valence-corrected chi connectivity index (χ2v) is 9.33. The maximum absolute atomic E-state index is 6.45. The summed E-state index contributed by atoms with van der Waals surface area (Å²) in [4.78, 5) is 9.87. The lowest BCUT2D eigenvalue weighted by Crippen LogP contribution is -2.53. The van der Waals surface area contributed by atoms with E-state index in [-0.39, 0.29) is 6.79 Å². The van der Waals surface area contributed by atoms with Crippen molar-refractivity contribution in [1.82, 2.24) is 14.8 Å². The number of benzene rings is 1. The fraction of sp³-hybridized carbons (Fsp3) is 0.609. The highest BCUT2D eigenvalue weighted by molar-refractivity contribution is 6.33. The van der Waals surface area contributed by atoms with Crippen LogP contribution in [0.3, 0.4) is 0 Å². The molecule has 0 radical (unpaired) electrons. The zero-order valence-corrected chi connectivity index (χ0v) is 19.2. The number of likely N-dealkylation sites (tertiary alicyclic amines) is 1. The van der Waals surface area contributed by atoms with E-state index in [9.17, 15) is 0 Å². The van der Waals surface area contributed by atoms with E-state index in [4.69, 9.17) is 35.2 Å². The molecular weight excluding hydrogens is 418 g/mol. The van der Waals surface area contributed by atoms with Crippen LogP contribution in [-0.4, -0.2) is 66.0 Å². The van der Waals surface area contributed by atoms with Gasteiger partial charge >= 0.3 is 0 Å². The van der Waals surface area contributed by atoms with Gasteiger partial charge in [-0.15, -0.1) is 0 Å². The Hall–Kier alpha value is -1.80. The summed E-state index contributed by atoms with van der Waals surface area (Å²) in [5, 5.41) is 0.548. The molecule has 7 nitrogen and oxygen atoms in total. The minimum Gasteiger partial charge on any atom is -0.454 e. The number of morpholine rings is 1. The van der Waals surface area contributed by atoms with Gasteiger partial charge in [0, 0.05) is 44.8 Å². The monoisotopic (exact) mass is 447 g/mol. The Balaban J connectivity index is 1.23. The molecule has 0 aliphatic carbocycles. The zero-order chi connectivity index (χ0) is 21.5. The smallest absolute Gasteiger partial charge is 0.231 e. The van der Waals surface area contributed by atoms with E-state index in [1.807, 2.05) is 13.0 Å². The van der Waals surface area contributed by atoms with Crippen LogP contribution < -0.4 is 9.47 Å². The van der Waals surface area contributed by atoms with E-state index in [1.165, 1.54) is 12.8 Å². The number of halogens is 1. The van der Waals surface area contributed by atoms with Crippen molar-refractivity contribution in [2.75, 3.05) is 33.0 Å². The Morgan fingerprint density at radius 1 is 1.06 bits per heavy atom. The number of nitrogens with zero attached hydrogens (tertiary/aromatic N) is 3. The Morgan fingerprint density at radius 2 is 1.74 bits per heavy atom. The van der Waals surface area contributed by atoms with Crippen molar-refractivity contribution in [2.45, 2.75) is 58.4 Å². The summed E-state index contributed by atoms with van der Waals surface area (Å²) in [6, 6.07) is 4.25. The lowest BCUT2D eigenvalue weighted by Gasteiger charge is -2.43. The Morgan fingerprint density at radius 3 is 2.45 bits per heavy atom. The summed E-state index contributed by atoms with van der Waals surface area (Å²) in [7, 11) is 0. The van der Waals surface area contributed by atoms with Crippen molar-refractivity contribution >= 4 is 11.6 Å². The number of aryl methyl sites for hydroxylation is 1. The van der Waals surface area contributed by atoms with Crippen LogP contribution in [0.5, 0.6) is 11.5 Å². The van der Waals surface area contributed by atoms with Crippen LogP contribution in [0, 0.1) is 6.92 Å². The Bertz CT molecular complexity index is 931. The first kappa shape index (κ1) is 21.1. The van der Waals surface area contributed by atoms with Crippen molar-refractivity contribution < 1.29 is 18.6 Å². The molecule has 168 valence electrons. The molecular formula is C23H30ClN3O4. The Labute approximate surface area is 188 Å². The number of hydrogen-bond acceptors (Lipinski definition) is 7. The number of oxazole rings is 1. The Kier molecular flexibility index (Phi) is 5.86. The molecule has 0 N–H and O–H groups in total. The van der Waals surface area contributed by atoms with Crippen LogP contribution in [0.15, 0.2) is 16.5 Å². The molecule has 2 saturated heterocycles. The van der Waals surface area contributed by atoms with Crippen LogP contribution in [0.1, 0.15) is 38.1 Å². The number of aromatic nitrogens is 1. The minimum atomic E-state index is 0.212. The topological polar surface area (TPSA) is 60.2 Å². The van der Waals surface area contributed by atoms with Crippen molar-refractivity contribution in [1.29, 1.82) is 0 Å². The van der Waals surface area contributed by atoms with Gasteiger partial charge in [-0.05, 0) is 39.7 Å². The van der Waals surface area contributed by atoms with Gasteiger partial charge in [-0.3, -0.25) is 9.80 Å². The van der Waals surface area contributed by atoms with E-state index >= 15 is 0 Å². The van der Waals surface area contributed by atoms with E-state index in [1.54, 1.807) is 6.07 Å². The SMILES string of the molecule is Cc1oc(-c2cc3c(cc2Cl)OCO3)nc1CN1CCC(N2C[C@@H](C)O[C@@H](C)C2)CC1. The van der Waals surface area contributed by atoms with Crippen LogP contribution in [0.25, 0.3) is 11.5 Å². The molecule has 0 unspecified atom stereocenters. The average molecular weight is 448 g/mol. The summed E-state index contributed by atoms with van der Waals surface area (Å²) in [6.45, 7) is 11.5. The highest BCUT2D eigenvalue weighted by Crippen LogP contribution is 2.41. The molecule has 1 aromatic carbocycles. The highest BCUT2D eigenvalue weighted by atomic mass is 35.5. The number of ether oxygens (including phenoxy) is 3. The second-order valence-electron chi connectivity index (χ2n) is 8.93. The van der Waals surface area contributed by atoms with Gasteiger partial charge in [-0.25, -0.2) is 4.98 Å². The summed E-state index contributed by atoms with van der Waals surface area (Å²) < 4.78 is 22.7. The van der Waals surface area contributed by atoms with Crippen LogP contribution in [0.2, 0.25) is 5.02 Å². The largest absolute Gasteiger partial charge is 0.454 e. The second kappa shape index (κ2) is 8.62. The van der Waals surface area contributed by atoms with Crippen molar-refractivity contribution in [2.24, 2.45) is 0 Å². The molecule has 1 aromatic heterocycles. The molecule has 0 bridgehead atoms. The van der Waals surface area contributed by atoms with E-state index in [0.717, 1.165) is 49.7 Å². The van der Waals surface area contributed by atoms with E-state index in [2.05, 4.69) is 23.6 Å². The van der Waals surface area contributed by atoms with Gasteiger partial charge in [0.2, 0.25) is 12.7 Å².